The SMILES string of the molecule is COc1cc2occ(-c3ccc(Cl)cc3)c2cc1/C(C)=C/C(=O)NCc1cccnc1. The van der Waals surface area contributed by atoms with Gasteiger partial charge >= 0.3 is 0 Å². The maximum absolute atomic E-state index is 12.5. The Morgan fingerprint density at radius 2 is 2.03 bits per heavy atom. The van der Waals surface area contributed by atoms with Crippen molar-refractivity contribution in [3.05, 3.63) is 89.4 Å². The van der Waals surface area contributed by atoms with Gasteiger partial charge in [0.1, 0.15) is 11.3 Å². The summed E-state index contributed by atoms with van der Waals surface area (Å²) in [5.41, 5.74) is 5.19. The van der Waals surface area contributed by atoms with E-state index in [0.29, 0.717) is 22.9 Å². The molecule has 0 unspecified atom stereocenters. The highest BCUT2D eigenvalue weighted by Gasteiger charge is 2.15. The molecule has 0 saturated carbocycles. The Balaban J connectivity index is 1.65. The Morgan fingerprint density at radius 1 is 1.23 bits per heavy atom. The smallest absolute Gasteiger partial charge is 0.244 e. The van der Waals surface area contributed by atoms with Crippen molar-refractivity contribution < 1.29 is 13.9 Å². The van der Waals surface area contributed by atoms with Crippen LogP contribution in [0.5, 0.6) is 5.75 Å². The molecule has 2 aromatic heterocycles. The van der Waals surface area contributed by atoms with Crippen molar-refractivity contribution in [3.8, 4) is 16.9 Å². The normalized spacial score (nSPS) is 11.5. The van der Waals surface area contributed by atoms with Gasteiger partial charge in [0.2, 0.25) is 5.91 Å². The van der Waals surface area contributed by atoms with Crippen molar-refractivity contribution >= 4 is 34.1 Å². The predicted octanol–water partition coefficient (Wildman–Crippen LogP) is 5.88. The highest BCUT2D eigenvalue weighted by Crippen LogP contribution is 2.37. The minimum absolute atomic E-state index is 0.186. The van der Waals surface area contributed by atoms with Crippen molar-refractivity contribution in [3.63, 3.8) is 0 Å². The number of rotatable bonds is 6. The van der Waals surface area contributed by atoms with Crippen LogP contribution in [0.2, 0.25) is 5.02 Å². The zero-order chi connectivity index (χ0) is 21.8. The first-order chi connectivity index (χ1) is 15.0. The van der Waals surface area contributed by atoms with E-state index in [2.05, 4.69) is 10.3 Å². The number of halogens is 1. The zero-order valence-electron chi connectivity index (χ0n) is 17.2. The number of carbonyl (C=O) groups excluding carboxylic acids is 1. The Morgan fingerprint density at radius 3 is 2.74 bits per heavy atom. The van der Waals surface area contributed by atoms with Gasteiger partial charge in [-0.2, -0.15) is 0 Å². The molecule has 5 nitrogen and oxygen atoms in total. The fraction of sp³-hybridized carbons (Fsp3) is 0.120. The number of nitrogens with zero attached hydrogens (tertiary/aromatic N) is 1. The molecule has 0 aliphatic rings. The van der Waals surface area contributed by atoms with Crippen molar-refractivity contribution in [1.82, 2.24) is 10.3 Å². The topological polar surface area (TPSA) is 64.4 Å². The highest BCUT2D eigenvalue weighted by molar-refractivity contribution is 6.30. The molecule has 0 spiro atoms. The second-order valence-corrected chi connectivity index (χ2v) is 7.55. The number of methoxy groups -OCH3 is 1. The molecule has 4 rings (SSSR count). The number of ether oxygens (including phenoxy) is 1. The van der Waals surface area contributed by atoms with Crippen molar-refractivity contribution in [2.75, 3.05) is 7.11 Å². The minimum atomic E-state index is -0.186. The number of pyridine rings is 1. The molecule has 0 saturated heterocycles. The fourth-order valence-electron chi connectivity index (χ4n) is 3.40. The van der Waals surface area contributed by atoms with Gasteiger partial charge in [-0.3, -0.25) is 9.78 Å². The molecule has 31 heavy (non-hydrogen) atoms. The first kappa shape index (κ1) is 20.7. The first-order valence-electron chi connectivity index (χ1n) is 9.75. The van der Waals surface area contributed by atoms with Gasteiger partial charge in [-0.15, -0.1) is 0 Å². The van der Waals surface area contributed by atoms with E-state index in [1.807, 2.05) is 55.5 Å². The quantitative estimate of drug-likeness (QED) is 0.386. The van der Waals surface area contributed by atoms with E-state index in [0.717, 1.165) is 33.2 Å². The minimum Gasteiger partial charge on any atom is -0.496 e. The first-order valence-corrected chi connectivity index (χ1v) is 10.1. The van der Waals surface area contributed by atoms with E-state index in [-0.39, 0.29) is 5.91 Å². The van der Waals surface area contributed by atoms with Gasteiger partial charge < -0.3 is 14.5 Å². The molecule has 0 bridgehead atoms. The van der Waals surface area contributed by atoms with E-state index in [9.17, 15) is 4.79 Å². The number of hydrogen-bond donors (Lipinski definition) is 1. The second-order valence-electron chi connectivity index (χ2n) is 7.11. The summed E-state index contributed by atoms with van der Waals surface area (Å²) in [6, 6.07) is 15.2. The van der Waals surface area contributed by atoms with Gasteiger partial charge in [0, 0.05) is 52.6 Å². The Hall–Kier alpha value is -3.57. The third-order valence-electron chi connectivity index (χ3n) is 5.01. The molecular weight excluding hydrogens is 412 g/mol. The Kier molecular flexibility index (Phi) is 6.05. The Bertz CT molecular complexity index is 1250. The third-order valence-corrected chi connectivity index (χ3v) is 5.26. The van der Waals surface area contributed by atoms with Gasteiger partial charge in [-0.1, -0.05) is 29.8 Å². The molecule has 2 aromatic carbocycles. The summed E-state index contributed by atoms with van der Waals surface area (Å²) in [4.78, 5) is 16.5. The van der Waals surface area contributed by atoms with Crippen LogP contribution in [-0.4, -0.2) is 18.0 Å². The summed E-state index contributed by atoms with van der Waals surface area (Å²) in [5.74, 6) is 0.451. The van der Waals surface area contributed by atoms with Crippen LogP contribution in [0.15, 0.2) is 77.7 Å². The third kappa shape index (κ3) is 4.62. The maximum Gasteiger partial charge on any atom is 0.244 e. The largest absolute Gasteiger partial charge is 0.496 e. The molecule has 0 radical (unpaired) electrons. The van der Waals surface area contributed by atoms with E-state index in [1.54, 1.807) is 31.8 Å². The molecular formula is C25H21ClN2O3. The number of carbonyl (C=O) groups is 1. The van der Waals surface area contributed by atoms with Gasteiger partial charge in [-0.25, -0.2) is 0 Å². The number of allylic oxidation sites excluding steroid dienone is 1. The van der Waals surface area contributed by atoms with Crippen LogP contribution in [0.25, 0.3) is 27.7 Å². The number of benzene rings is 2. The van der Waals surface area contributed by atoms with E-state index in [4.69, 9.17) is 20.8 Å². The maximum atomic E-state index is 12.5. The van der Waals surface area contributed by atoms with Gasteiger partial charge in [-0.05, 0) is 47.9 Å². The zero-order valence-corrected chi connectivity index (χ0v) is 17.9. The number of aromatic nitrogens is 1. The molecule has 1 amide bonds. The number of nitrogens with one attached hydrogen (secondary N) is 1. The van der Waals surface area contributed by atoms with Crippen LogP contribution >= 0.6 is 11.6 Å². The molecule has 0 aliphatic heterocycles. The number of amides is 1. The van der Waals surface area contributed by atoms with Crippen molar-refractivity contribution in [1.29, 1.82) is 0 Å². The van der Waals surface area contributed by atoms with E-state index >= 15 is 0 Å². The lowest BCUT2D eigenvalue weighted by molar-refractivity contribution is -0.116. The lowest BCUT2D eigenvalue weighted by atomic mass is 9.99. The van der Waals surface area contributed by atoms with Crippen LogP contribution in [0.4, 0.5) is 0 Å². The van der Waals surface area contributed by atoms with Crippen LogP contribution < -0.4 is 10.1 Å². The summed E-state index contributed by atoms with van der Waals surface area (Å²) < 4.78 is 11.3. The number of furan rings is 1. The Labute approximate surface area is 185 Å². The molecule has 2 heterocycles. The molecule has 0 aliphatic carbocycles. The van der Waals surface area contributed by atoms with E-state index in [1.165, 1.54) is 0 Å². The molecule has 0 atom stereocenters. The fourth-order valence-corrected chi connectivity index (χ4v) is 3.53. The van der Waals surface area contributed by atoms with Gasteiger partial charge in [0.05, 0.1) is 13.4 Å². The highest BCUT2D eigenvalue weighted by atomic mass is 35.5. The van der Waals surface area contributed by atoms with Crippen LogP contribution in [0.1, 0.15) is 18.1 Å². The molecule has 0 fully saturated rings. The lowest BCUT2D eigenvalue weighted by Gasteiger charge is -2.10. The van der Waals surface area contributed by atoms with Gasteiger partial charge in [0.15, 0.2) is 0 Å². The second kappa shape index (κ2) is 9.06. The van der Waals surface area contributed by atoms with E-state index < -0.39 is 0 Å². The summed E-state index contributed by atoms with van der Waals surface area (Å²) in [7, 11) is 1.60. The lowest BCUT2D eigenvalue weighted by Crippen LogP contribution is -2.20. The summed E-state index contributed by atoms with van der Waals surface area (Å²) >= 11 is 6.02. The molecule has 6 heteroatoms. The average molecular weight is 433 g/mol. The monoisotopic (exact) mass is 432 g/mol. The van der Waals surface area contributed by atoms with Gasteiger partial charge in [0.25, 0.3) is 0 Å². The molecule has 4 aromatic rings. The van der Waals surface area contributed by atoms with Crippen molar-refractivity contribution in [2.45, 2.75) is 13.5 Å². The summed E-state index contributed by atoms with van der Waals surface area (Å²) in [5, 5.41) is 4.49. The summed E-state index contributed by atoms with van der Waals surface area (Å²) in [6.07, 6.45) is 6.72. The van der Waals surface area contributed by atoms with Crippen LogP contribution in [0.3, 0.4) is 0 Å². The standard InChI is InChI=1S/C25H21ClN2O3/c1-16(10-25(29)28-14-17-4-3-9-27-13-17)20-11-21-22(18-5-7-19(26)8-6-18)15-31-24(21)12-23(20)30-2/h3-13,15H,14H2,1-2H3,(H,28,29)/b16-10+. The average Bonchev–Trinajstić information content (AvgIpc) is 3.21. The molecule has 1 N–H and O–H groups in total. The van der Waals surface area contributed by atoms with Crippen LogP contribution in [0, 0.1) is 0 Å². The van der Waals surface area contributed by atoms with Crippen molar-refractivity contribution in [2.24, 2.45) is 0 Å². The molecule has 156 valence electrons. The summed E-state index contributed by atoms with van der Waals surface area (Å²) in [6.45, 7) is 2.30. The predicted molar refractivity (Wildman–Crippen MR) is 123 cm³/mol. The number of fused-ring (bicyclic) bond motifs is 1. The van der Waals surface area contributed by atoms with Crippen LogP contribution in [-0.2, 0) is 11.3 Å². The number of hydrogen-bond acceptors (Lipinski definition) is 4.